The molecule has 1 aromatic heterocycles. The van der Waals surface area contributed by atoms with Gasteiger partial charge in [-0.25, -0.2) is 0 Å². The first-order chi connectivity index (χ1) is 12.6. The first-order valence-corrected chi connectivity index (χ1v) is 9.71. The van der Waals surface area contributed by atoms with E-state index in [0.29, 0.717) is 6.61 Å². The van der Waals surface area contributed by atoms with Crippen LogP contribution in [0.4, 0.5) is 14.5 Å². The molecule has 2 aliphatic heterocycles. The molecule has 0 saturated carbocycles. The summed E-state index contributed by atoms with van der Waals surface area (Å²) < 4.78 is 38.5. The van der Waals surface area contributed by atoms with Crippen LogP contribution in [0.3, 0.4) is 0 Å². The monoisotopic (exact) mass is 377 g/mol. The van der Waals surface area contributed by atoms with E-state index in [9.17, 15) is 8.78 Å². The maximum absolute atomic E-state index is 13.8. The minimum absolute atomic E-state index is 0.106. The van der Waals surface area contributed by atoms with Gasteiger partial charge in [-0.05, 0) is 49.4 Å². The molecule has 4 rings (SSSR count). The number of halogens is 2. The van der Waals surface area contributed by atoms with Gasteiger partial charge in [-0.3, -0.25) is 0 Å². The largest absolute Gasteiger partial charge is 0.429 e. The Morgan fingerprint density at radius 1 is 1.35 bits per heavy atom. The van der Waals surface area contributed by atoms with Crippen LogP contribution in [-0.4, -0.2) is 12.7 Å². The van der Waals surface area contributed by atoms with E-state index in [1.165, 1.54) is 11.0 Å². The molecule has 2 aliphatic rings. The van der Waals surface area contributed by atoms with Crippen molar-refractivity contribution in [2.45, 2.75) is 38.0 Å². The number of fused-ring (bicyclic) bond motifs is 3. The van der Waals surface area contributed by atoms with Gasteiger partial charge >= 0.3 is 6.11 Å². The van der Waals surface area contributed by atoms with Gasteiger partial charge in [0.05, 0.1) is 12.1 Å². The van der Waals surface area contributed by atoms with Gasteiger partial charge in [-0.1, -0.05) is 12.1 Å². The minimum atomic E-state index is -3.32. The van der Waals surface area contributed by atoms with Crippen LogP contribution < -0.4 is 10.1 Å². The average molecular weight is 377 g/mol. The fraction of sp³-hybridized carbons (Fsp3) is 0.400. The molecule has 1 N–H and O–H groups in total. The summed E-state index contributed by atoms with van der Waals surface area (Å²) in [6.45, 7) is 2.23. The molecule has 0 amide bonds. The van der Waals surface area contributed by atoms with Gasteiger partial charge in [0, 0.05) is 34.7 Å². The second-order valence-electron chi connectivity index (χ2n) is 6.65. The fourth-order valence-corrected chi connectivity index (χ4v) is 4.70. The van der Waals surface area contributed by atoms with Crippen molar-refractivity contribution in [3.63, 3.8) is 0 Å². The molecule has 6 heteroatoms. The Morgan fingerprint density at radius 2 is 2.23 bits per heavy atom. The van der Waals surface area contributed by atoms with E-state index >= 15 is 0 Å². The molecule has 0 radical (unpaired) electrons. The number of rotatable bonds is 4. The van der Waals surface area contributed by atoms with Crippen molar-refractivity contribution in [2.75, 3.05) is 11.9 Å². The third-order valence-corrected chi connectivity index (χ3v) is 5.86. The maximum Gasteiger partial charge on any atom is 0.419 e. The van der Waals surface area contributed by atoms with Crippen molar-refractivity contribution in [3.8, 4) is 5.75 Å². The molecule has 3 atom stereocenters. The maximum atomic E-state index is 13.8. The molecule has 0 spiro atoms. The summed E-state index contributed by atoms with van der Waals surface area (Å²) in [6, 6.07) is 9.45. The molecular weight excluding hydrogens is 356 g/mol. The Bertz CT molecular complexity index is 791. The lowest BCUT2D eigenvalue weighted by Gasteiger charge is -2.43. The Morgan fingerprint density at radius 3 is 3.00 bits per heavy atom. The fourth-order valence-electron chi connectivity index (χ4n) is 3.85. The van der Waals surface area contributed by atoms with E-state index in [2.05, 4.69) is 22.8 Å². The summed E-state index contributed by atoms with van der Waals surface area (Å²) in [5.41, 5.74) is 1.82. The molecule has 138 valence electrons. The summed E-state index contributed by atoms with van der Waals surface area (Å²) in [5, 5.41) is 5.66. The first-order valence-electron chi connectivity index (χ1n) is 8.83. The summed E-state index contributed by atoms with van der Waals surface area (Å²) in [6.07, 6.45) is 0.654. The van der Waals surface area contributed by atoms with Crippen LogP contribution in [0.2, 0.25) is 0 Å². The molecule has 1 fully saturated rings. The van der Waals surface area contributed by atoms with Crippen molar-refractivity contribution in [3.05, 3.63) is 58.3 Å². The Hall–Kier alpha value is -1.92. The third kappa shape index (κ3) is 3.35. The molecular formula is C20H21F2NO2S. The molecule has 3 nitrogen and oxygen atoms in total. The standard InChI is InChI=1S/C20H21F2NO2S/c1-2-9-20(21,22)25-13-7-8-16-15(12-13)19-14(5-3-10-24-19)18(23-16)17-6-4-11-26-17/h2,4,6-9,11-12,14,18-19,23H,3,5,10H2,1H3/b9-2+. The second-order valence-corrected chi connectivity index (χ2v) is 7.63. The van der Waals surface area contributed by atoms with E-state index in [-0.39, 0.29) is 23.8 Å². The molecule has 0 bridgehead atoms. The number of hydrogen-bond donors (Lipinski definition) is 1. The van der Waals surface area contributed by atoms with Crippen molar-refractivity contribution >= 4 is 17.0 Å². The first kappa shape index (κ1) is 17.5. The molecule has 26 heavy (non-hydrogen) atoms. The molecule has 1 saturated heterocycles. The topological polar surface area (TPSA) is 30.5 Å². The summed E-state index contributed by atoms with van der Waals surface area (Å²) in [7, 11) is 0. The van der Waals surface area contributed by atoms with Crippen LogP contribution in [0.1, 0.15) is 42.4 Å². The van der Waals surface area contributed by atoms with Gasteiger partial charge in [-0.2, -0.15) is 8.78 Å². The number of allylic oxidation sites excluding steroid dienone is 1. The number of benzene rings is 1. The van der Waals surface area contributed by atoms with Crippen LogP contribution in [-0.2, 0) is 4.74 Å². The van der Waals surface area contributed by atoms with Crippen LogP contribution >= 0.6 is 11.3 Å². The quantitative estimate of drug-likeness (QED) is 0.670. The Kier molecular flexibility index (Phi) is 4.71. The van der Waals surface area contributed by atoms with Gasteiger partial charge < -0.3 is 14.8 Å². The third-order valence-electron chi connectivity index (χ3n) is 4.90. The molecule has 2 aromatic rings. The zero-order chi connectivity index (χ0) is 18.1. The van der Waals surface area contributed by atoms with Crippen molar-refractivity contribution < 1.29 is 18.3 Å². The summed E-state index contributed by atoms with van der Waals surface area (Å²) in [5.74, 6) is 0.428. The van der Waals surface area contributed by atoms with E-state index in [4.69, 9.17) is 9.47 Å². The molecule has 3 heterocycles. The van der Waals surface area contributed by atoms with Crippen LogP contribution in [0.25, 0.3) is 0 Å². The van der Waals surface area contributed by atoms with Crippen molar-refractivity contribution in [1.82, 2.24) is 0 Å². The van der Waals surface area contributed by atoms with Gasteiger partial charge in [0.2, 0.25) is 0 Å². The number of thiophene rings is 1. The van der Waals surface area contributed by atoms with Crippen LogP contribution in [0.5, 0.6) is 5.75 Å². The number of anilines is 1. The zero-order valence-corrected chi connectivity index (χ0v) is 15.3. The number of ether oxygens (including phenoxy) is 2. The van der Waals surface area contributed by atoms with E-state index in [1.54, 1.807) is 30.4 Å². The second kappa shape index (κ2) is 7.00. The van der Waals surface area contributed by atoms with E-state index in [1.807, 2.05) is 6.07 Å². The number of nitrogens with one attached hydrogen (secondary N) is 1. The highest BCUT2D eigenvalue weighted by molar-refractivity contribution is 7.10. The zero-order valence-electron chi connectivity index (χ0n) is 14.5. The lowest BCUT2D eigenvalue weighted by molar-refractivity contribution is -0.131. The van der Waals surface area contributed by atoms with Crippen LogP contribution in [0.15, 0.2) is 47.9 Å². The van der Waals surface area contributed by atoms with Gasteiger partial charge in [-0.15, -0.1) is 11.3 Å². The minimum Gasteiger partial charge on any atom is -0.429 e. The lowest BCUT2D eigenvalue weighted by atomic mass is 9.79. The summed E-state index contributed by atoms with van der Waals surface area (Å²) in [4.78, 5) is 1.27. The van der Waals surface area contributed by atoms with Gasteiger partial charge in [0.1, 0.15) is 5.75 Å². The van der Waals surface area contributed by atoms with E-state index in [0.717, 1.165) is 30.2 Å². The van der Waals surface area contributed by atoms with Gasteiger partial charge in [0.25, 0.3) is 0 Å². The average Bonchev–Trinajstić information content (AvgIpc) is 3.15. The molecule has 3 unspecified atom stereocenters. The smallest absolute Gasteiger partial charge is 0.419 e. The van der Waals surface area contributed by atoms with Gasteiger partial charge in [0.15, 0.2) is 0 Å². The molecule has 0 aliphatic carbocycles. The number of hydrogen-bond acceptors (Lipinski definition) is 4. The van der Waals surface area contributed by atoms with Crippen molar-refractivity contribution in [2.24, 2.45) is 5.92 Å². The highest BCUT2D eigenvalue weighted by atomic mass is 32.1. The highest BCUT2D eigenvalue weighted by Crippen LogP contribution is 2.50. The molecule has 1 aromatic carbocycles. The lowest BCUT2D eigenvalue weighted by Crippen LogP contribution is -2.35. The van der Waals surface area contributed by atoms with Crippen molar-refractivity contribution in [1.29, 1.82) is 0 Å². The predicted molar refractivity (Wildman–Crippen MR) is 98.9 cm³/mol. The summed E-state index contributed by atoms with van der Waals surface area (Å²) >= 11 is 1.73. The SMILES string of the molecule is C/C=C/C(F)(F)Oc1ccc2c(c1)C1OCCCC1C(c1cccs1)N2. The Labute approximate surface area is 155 Å². The predicted octanol–water partition coefficient (Wildman–Crippen LogP) is 5.93. The van der Waals surface area contributed by atoms with E-state index < -0.39 is 6.11 Å². The highest BCUT2D eigenvalue weighted by Gasteiger charge is 2.40. The number of alkyl halides is 2. The Balaban J connectivity index is 1.67. The normalized spacial score (nSPS) is 25.4. The van der Waals surface area contributed by atoms with Crippen LogP contribution in [0, 0.1) is 5.92 Å².